The minimum absolute atomic E-state index is 0.0314. The molecule has 1 fully saturated rings. The van der Waals surface area contributed by atoms with E-state index in [1.165, 1.54) is 11.3 Å². The van der Waals surface area contributed by atoms with E-state index in [1.807, 2.05) is 30.3 Å². The first-order valence-corrected chi connectivity index (χ1v) is 10.1. The normalized spacial score (nSPS) is 19.4. The molecule has 1 aromatic carbocycles. The molecule has 0 spiro atoms. The highest BCUT2D eigenvalue weighted by Gasteiger charge is 2.39. The number of nitrogens with one attached hydrogen (secondary N) is 1. The molecule has 148 valence electrons. The lowest BCUT2D eigenvalue weighted by atomic mass is 9.84. The van der Waals surface area contributed by atoms with Gasteiger partial charge in [-0.1, -0.05) is 30.3 Å². The van der Waals surface area contributed by atoms with Gasteiger partial charge in [0.05, 0.1) is 30.7 Å². The number of ether oxygens (including phenoxy) is 1. The summed E-state index contributed by atoms with van der Waals surface area (Å²) in [6.07, 6.45) is 0.896. The first kappa shape index (κ1) is 20.0. The van der Waals surface area contributed by atoms with Crippen LogP contribution in [0.5, 0.6) is 0 Å². The number of thiazole rings is 1. The Morgan fingerprint density at radius 3 is 2.79 bits per heavy atom. The Balaban J connectivity index is 1.72. The molecule has 8 heteroatoms. The number of benzene rings is 1. The Morgan fingerprint density at radius 2 is 2.07 bits per heavy atom. The second-order valence-corrected chi connectivity index (χ2v) is 7.48. The fourth-order valence-corrected chi connectivity index (χ4v) is 4.14. The van der Waals surface area contributed by atoms with Crippen LogP contribution in [0.2, 0.25) is 0 Å². The topological polar surface area (TPSA) is 88.6 Å². The van der Waals surface area contributed by atoms with Crippen molar-refractivity contribution in [2.75, 3.05) is 19.0 Å². The molecule has 1 N–H and O–H groups in total. The van der Waals surface area contributed by atoms with Crippen molar-refractivity contribution in [2.24, 2.45) is 5.92 Å². The van der Waals surface area contributed by atoms with Crippen LogP contribution in [-0.2, 0) is 25.5 Å². The predicted octanol–water partition coefficient (Wildman–Crippen LogP) is 2.80. The average molecular weight is 401 g/mol. The minimum Gasteiger partial charge on any atom is -0.466 e. The number of anilines is 1. The SMILES string of the molecule is CCOC(=O)Cc1csc(NC(=O)[C@@H]2CCC(=O)N(C)[C@H]2c2ccccc2)n1. The van der Waals surface area contributed by atoms with Crippen molar-refractivity contribution in [2.45, 2.75) is 32.2 Å². The summed E-state index contributed by atoms with van der Waals surface area (Å²) < 4.78 is 4.92. The molecule has 0 unspecified atom stereocenters. The van der Waals surface area contributed by atoms with Crippen LogP contribution in [0.3, 0.4) is 0 Å². The van der Waals surface area contributed by atoms with Gasteiger partial charge < -0.3 is 15.0 Å². The van der Waals surface area contributed by atoms with Gasteiger partial charge >= 0.3 is 5.97 Å². The van der Waals surface area contributed by atoms with E-state index in [2.05, 4.69) is 10.3 Å². The van der Waals surface area contributed by atoms with Gasteiger partial charge in [-0.15, -0.1) is 11.3 Å². The highest BCUT2D eigenvalue weighted by molar-refractivity contribution is 7.13. The van der Waals surface area contributed by atoms with Crippen LogP contribution in [0, 0.1) is 5.92 Å². The summed E-state index contributed by atoms with van der Waals surface area (Å²) in [5, 5.41) is 5.03. The average Bonchev–Trinajstić information content (AvgIpc) is 3.11. The van der Waals surface area contributed by atoms with Crippen LogP contribution in [0.4, 0.5) is 5.13 Å². The van der Waals surface area contributed by atoms with E-state index in [9.17, 15) is 14.4 Å². The molecule has 0 bridgehead atoms. The molecular weight excluding hydrogens is 378 g/mol. The number of piperidine rings is 1. The summed E-state index contributed by atoms with van der Waals surface area (Å²) in [5.41, 5.74) is 1.50. The van der Waals surface area contributed by atoms with Crippen LogP contribution >= 0.6 is 11.3 Å². The first-order chi connectivity index (χ1) is 13.5. The van der Waals surface area contributed by atoms with Crippen LogP contribution in [0.1, 0.15) is 37.1 Å². The maximum absolute atomic E-state index is 13.0. The standard InChI is InChI=1S/C20H23N3O4S/c1-3-27-17(25)11-14-12-28-20(21-14)22-19(26)15-9-10-16(24)23(2)18(15)13-7-5-4-6-8-13/h4-8,12,15,18H,3,9-11H2,1-2H3,(H,21,22,26)/t15-,18+/m1/s1. The van der Waals surface area contributed by atoms with E-state index in [0.29, 0.717) is 30.3 Å². The second kappa shape index (κ2) is 8.97. The Kier molecular flexibility index (Phi) is 6.41. The quantitative estimate of drug-likeness (QED) is 0.752. The van der Waals surface area contributed by atoms with Gasteiger partial charge in [-0.25, -0.2) is 4.98 Å². The third kappa shape index (κ3) is 4.56. The summed E-state index contributed by atoms with van der Waals surface area (Å²) in [6, 6.07) is 9.26. The maximum atomic E-state index is 13.0. The van der Waals surface area contributed by atoms with Gasteiger partial charge in [-0.05, 0) is 18.9 Å². The number of carbonyl (C=O) groups excluding carboxylic acids is 3. The lowest BCUT2D eigenvalue weighted by Crippen LogP contribution is -2.44. The maximum Gasteiger partial charge on any atom is 0.311 e. The number of carbonyl (C=O) groups is 3. The van der Waals surface area contributed by atoms with Gasteiger partial charge in [0.2, 0.25) is 11.8 Å². The molecule has 1 aromatic heterocycles. The third-order valence-electron chi connectivity index (χ3n) is 4.75. The Hall–Kier alpha value is -2.74. The Labute approximate surface area is 167 Å². The van der Waals surface area contributed by atoms with Crippen molar-refractivity contribution in [1.82, 2.24) is 9.88 Å². The zero-order valence-electron chi connectivity index (χ0n) is 15.9. The van der Waals surface area contributed by atoms with Crippen molar-refractivity contribution in [3.63, 3.8) is 0 Å². The highest BCUT2D eigenvalue weighted by Crippen LogP contribution is 2.36. The summed E-state index contributed by atoms with van der Waals surface area (Å²) in [5.74, 6) is -0.862. The van der Waals surface area contributed by atoms with Crippen molar-refractivity contribution in [3.05, 3.63) is 47.0 Å². The zero-order chi connectivity index (χ0) is 20.1. The molecule has 1 aliphatic rings. The molecule has 2 heterocycles. The number of hydrogen-bond acceptors (Lipinski definition) is 6. The predicted molar refractivity (Wildman–Crippen MR) is 106 cm³/mol. The van der Waals surface area contributed by atoms with Crippen LogP contribution in [-0.4, -0.2) is 41.3 Å². The van der Waals surface area contributed by atoms with Crippen molar-refractivity contribution >= 4 is 34.3 Å². The summed E-state index contributed by atoms with van der Waals surface area (Å²) in [7, 11) is 1.74. The van der Waals surface area contributed by atoms with Gasteiger partial charge in [-0.3, -0.25) is 14.4 Å². The van der Waals surface area contributed by atoms with Gasteiger partial charge in [0, 0.05) is 18.8 Å². The van der Waals surface area contributed by atoms with E-state index in [4.69, 9.17) is 4.74 Å². The Morgan fingerprint density at radius 1 is 1.32 bits per heavy atom. The molecule has 1 aliphatic heterocycles. The fraction of sp³-hybridized carbons (Fsp3) is 0.400. The summed E-state index contributed by atoms with van der Waals surface area (Å²) in [4.78, 5) is 42.7. The molecule has 2 aromatic rings. The lowest BCUT2D eigenvalue weighted by molar-refractivity contribution is -0.142. The van der Waals surface area contributed by atoms with Crippen LogP contribution in [0.25, 0.3) is 0 Å². The van der Waals surface area contributed by atoms with Gasteiger partial charge in [0.25, 0.3) is 0 Å². The highest BCUT2D eigenvalue weighted by atomic mass is 32.1. The summed E-state index contributed by atoms with van der Waals surface area (Å²) >= 11 is 1.27. The van der Waals surface area contributed by atoms with Gasteiger partial charge in [-0.2, -0.15) is 0 Å². The monoisotopic (exact) mass is 401 g/mol. The molecule has 2 amide bonds. The molecule has 28 heavy (non-hydrogen) atoms. The number of esters is 1. The lowest BCUT2D eigenvalue weighted by Gasteiger charge is -2.38. The van der Waals surface area contributed by atoms with E-state index in [-0.39, 0.29) is 36.2 Å². The number of rotatable bonds is 6. The molecule has 0 saturated carbocycles. The molecule has 0 radical (unpaired) electrons. The van der Waals surface area contributed by atoms with Crippen LogP contribution < -0.4 is 5.32 Å². The minimum atomic E-state index is -0.373. The number of aromatic nitrogens is 1. The number of likely N-dealkylation sites (tertiary alicyclic amines) is 1. The molecule has 2 atom stereocenters. The fourth-order valence-electron chi connectivity index (χ4n) is 3.42. The van der Waals surface area contributed by atoms with Crippen molar-refractivity contribution in [1.29, 1.82) is 0 Å². The smallest absolute Gasteiger partial charge is 0.311 e. The summed E-state index contributed by atoms with van der Waals surface area (Å²) in [6.45, 7) is 2.07. The van der Waals surface area contributed by atoms with Gasteiger partial charge in [0.15, 0.2) is 5.13 Å². The molecule has 3 rings (SSSR count). The number of amides is 2. The van der Waals surface area contributed by atoms with E-state index >= 15 is 0 Å². The van der Waals surface area contributed by atoms with E-state index < -0.39 is 0 Å². The van der Waals surface area contributed by atoms with Gasteiger partial charge in [0.1, 0.15) is 0 Å². The van der Waals surface area contributed by atoms with E-state index in [1.54, 1.807) is 24.3 Å². The van der Waals surface area contributed by atoms with E-state index in [0.717, 1.165) is 5.56 Å². The number of nitrogens with zero attached hydrogens (tertiary/aromatic N) is 2. The van der Waals surface area contributed by atoms with Crippen molar-refractivity contribution < 1.29 is 19.1 Å². The van der Waals surface area contributed by atoms with Crippen LogP contribution in [0.15, 0.2) is 35.7 Å². The third-order valence-corrected chi connectivity index (χ3v) is 5.56. The first-order valence-electron chi connectivity index (χ1n) is 9.21. The zero-order valence-corrected chi connectivity index (χ0v) is 16.7. The molecule has 0 aliphatic carbocycles. The number of hydrogen-bond donors (Lipinski definition) is 1. The largest absolute Gasteiger partial charge is 0.466 e. The molecule has 7 nitrogen and oxygen atoms in total. The Bertz CT molecular complexity index is 852. The molecule has 1 saturated heterocycles. The molecular formula is C20H23N3O4S. The second-order valence-electron chi connectivity index (χ2n) is 6.62. The van der Waals surface area contributed by atoms with Crippen molar-refractivity contribution in [3.8, 4) is 0 Å².